The van der Waals surface area contributed by atoms with Gasteiger partial charge in [0.15, 0.2) is 5.71 Å². The first-order valence-corrected chi connectivity index (χ1v) is 9.43. The molecule has 0 amide bonds. The van der Waals surface area contributed by atoms with Crippen LogP contribution in [-0.4, -0.2) is 25.2 Å². The lowest BCUT2D eigenvalue weighted by Crippen LogP contribution is -2.19. The lowest BCUT2D eigenvalue weighted by molar-refractivity contribution is 0.106. The molecular formula is C25H23NO3. The Labute approximate surface area is 171 Å². The molecule has 29 heavy (non-hydrogen) atoms. The molecule has 4 heteroatoms. The molecule has 3 rings (SSSR count). The summed E-state index contributed by atoms with van der Waals surface area (Å²) in [6.07, 6.45) is 1.84. The van der Waals surface area contributed by atoms with Gasteiger partial charge in [0.1, 0.15) is 11.5 Å². The fraction of sp³-hybridized carbons (Fsp3) is 0.120. The second-order valence-corrected chi connectivity index (χ2v) is 6.21. The molecule has 4 nitrogen and oxygen atoms in total. The highest BCUT2D eigenvalue weighted by Gasteiger charge is 2.20. The van der Waals surface area contributed by atoms with Crippen LogP contribution in [0.15, 0.2) is 95.7 Å². The Kier molecular flexibility index (Phi) is 6.95. The fourth-order valence-corrected chi connectivity index (χ4v) is 2.76. The van der Waals surface area contributed by atoms with E-state index in [0.29, 0.717) is 29.4 Å². The quantitative estimate of drug-likeness (QED) is 0.283. The van der Waals surface area contributed by atoms with E-state index in [1.54, 1.807) is 31.4 Å². The number of hydrogen-bond donors (Lipinski definition) is 0. The van der Waals surface area contributed by atoms with E-state index in [-0.39, 0.29) is 11.5 Å². The van der Waals surface area contributed by atoms with Gasteiger partial charge >= 0.3 is 0 Å². The van der Waals surface area contributed by atoms with Gasteiger partial charge in [-0.05, 0) is 55.0 Å². The van der Waals surface area contributed by atoms with Crippen molar-refractivity contribution in [2.75, 3.05) is 13.7 Å². The van der Waals surface area contributed by atoms with Gasteiger partial charge in [0, 0.05) is 5.56 Å². The molecule has 146 valence electrons. The zero-order valence-electron chi connectivity index (χ0n) is 16.5. The number of para-hydroxylation sites is 1. The van der Waals surface area contributed by atoms with Crippen molar-refractivity contribution >= 4 is 23.3 Å². The molecular weight excluding hydrogens is 362 g/mol. The van der Waals surface area contributed by atoms with E-state index >= 15 is 0 Å². The molecule has 0 N–H and O–H groups in total. The molecule has 3 aromatic carbocycles. The molecule has 0 aromatic heterocycles. The van der Waals surface area contributed by atoms with Crippen molar-refractivity contribution in [1.82, 2.24) is 0 Å². The first-order chi connectivity index (χ1) is 14.2. The molecule has 3 aromatic rings. The Balaban J connectivity index is 2.09. The Bertz CT molecular complexity index is 991. The highest BCUT2D eigenvalue weighted by atomic mass is 16.5. The normalized spacial score (nSPS) is 11.8. The molecule has 0 heterocycles. The van der Waals surface area contributed by atoms with Crippen LogP contribution in [0.5, 0.6) is 5.75 Å². The van der Waals surface area contributed by atoms with Crippen LogP contribution < -0.4 is 4.74 Å². The average molecular weight is 385 g/mol. The molecule has 0 bridgehead atoms. The zero-order chi connectivity index (χ0) is 20.5. The smallest absolute Gasteiger partial charge is 0.215 e. The number of ether oxygens (including phenoxy) is 2. The number of ketones is 1. The van der Waals surface area contributed by atoms with Crippen LogP contribution in [0.1, 0.15) is 22.8 Å². The number of rotatable bonds is 8. The van der Waals surface area contributed by atoms with Crippen molar-refractivity contribution in [3.63, 3.8) is 0 Å². The number of hydrogen-bond acceptors (Lipinski definition) is 4. The number of carbonyl (C=O) groups is 1. The molecule has 0 saturated heterocycles. The van der Waals surface area contributed by atoms with Gasteiger partial charge in [-0.25, -0.2) is 4.99 Å². The van der Waals surface area contributed by atoms with Gasteiger partial charge in [-0.1, -0.05) is 48.5 Å². The summed E-state index contributed by atoms with van der Waals surface area (Å²) in [6.45, 7) is 2.30. The largest absolute Gasteiger partial charge is 0.497 e. The number of methoxy groups -OCH3 is 1. The van der Waals surface area contributed by atoms with Gasteiger partial charge in [0.25, 0.3) is 0 Å². The SMILES string of the molecule is CCO/C(=C\c1ccccc1)C(=Nc1ccccc1)C(=O)c1ccc(OC)cc1. The van der Waals surface area contributed by atoms with Gasteiger partial charge in [-0.15, -0.1) is 0 Å². The maximum absolute atomic E-state index is 13.4. The van der Waals surface area contributed by atoms with Gasteiger partial charge in [0.2, 0.25) is 5.78 Å². The molecule has 0 aliphatic rings. The monoisotopic (exact) mass is 385 g/mol. The van der Waals surface area contributed by atoms with Crippen LogP contribution in [0, 0.1) is 0 Å². The van der Waals surface area contributed by atoms with Crippen molar-refractivity contribution in [1.29, 1.82) is 0 Å². The lowest BCUT2D eigenvalue weighted by Gasteiger charge is -2.12. The average Bonchev–Trinajstić information content (AvgIpc) is 2.78. The summed E-state index contributed by atoms with van der Waals surface area (Å²) in [5.74, 6) is 0.906. The number of carbonyl (C=O) groups excluding carboxylic acids is 1. The molecule has 0 fully saturated rings. The minimum absolute atomic E-state index is 0.216. The van der Waals surface area contributed by atoms with Crippen LogP contribution in [0.3, 0.4) is 0 Å². The van der Waals surface area contributed by atoms with Crippen molar-refractivity contribution < 1.29 is 14.3 Å². The van der Waals surface area contributed by atoms with Crippen molar-refractivity contribution in [2.45, 2.75) is 6.92 Å². The van der Waals surface area contributed by atoms with Crippen LogP contribution in [0.2, 0.25) is 0 Å². The minimum Gasteiger partial charge on any atom is -0.497 e. The molecule has 0 aliphatic heterocycles. The third-order valence-corrected chi connectivity index (χ3v) is 4.19. The van der Waals surface area contributed by atoms with Crippen LogP contribution in [0.4, 0.5) is 5.69 Å². The van der Waals surface area contributed by atoms with E-state index in [1.165, 1.54) is 0 Å². The standard InChI is InChI=1S/C25H23NO3/c1-3-29-23(18-19-10-6-4-7-11-19)24(26-21-12-8-5-9-13-21)25(27)20-14-16-22(28-2)17-15-20/h4-18H,3H2,1-2H3/b23-18-,26-24?. The number of allylic oxidation sites excluding steroid dienone is 1. The molecule has 0 radical (unpaired) electrons. The van der Waals surface area contributed by atoms with E-state index < -0.39 is 0 Å². The molecule has 0 spiro atoms. The van der Waals surface area contributed by atoms with E-state index in [0.717, 1.165) is 5.56 Å². The van der Waals surface area contributed by atoms with Gasteiger partial charge in [0.05, 0.1) is 19.4 Å². The maximum Gasteiger partial charge on any atom is 0.215 e. The highest BCUT2D eigenvalue weighted by Crippen LogP contribution is 2.20. The predicted octanol–water partition coefficient (Wildman–Crippen LogP) is 5.73. The summed E-state index contributed by atoms with van der Waals surface area (Å²) in [6, 6.07) is 26.1. The Morgan fingerprint density at radius 2 is 1.52 bits per heavy atom. The molecule has 0 aliphatic carbocycles. The van der Waals surface area contributed by atoms with Crippen LogP contribution in [0.25, 0.3) is 6.08 Å². The van der Waals surface area contributed by atoms with Crippen molar-refractivity contribution in [2.24, 2.45) is 4.99 Å². The first kappa shape index (κ1) is 20.1. The third kappa shape index (κ3) is 5.42. The number of aliphatic imine (C=N–C) groups is 1. The Morgan fingerprint density at radius 3 is 2.10 bits per heavy atom. The summed E-state index contributed by atoms with van der Waals surface area (Å²) in [4.78, 5) is 18.0. The molecule has 0 saturated carbocycles. The summed E-state index contributed by atoms with van der Waals surface area (Å²) in [5, 5.41) is 0. The molecule has 0 atom stereocenters. The summed E-state index contributed by atoms with van der Waals surface area (Å²) in [5.41, 5.74) is 2.38. The summed E-state index contributed by atoms with van der Waals surface area (Å²) in [7, 11) is 1.59. The van der Waals surface area contributed by atoms with Crippen molar-refractivity contribution in [3.8, 4) is 5.75 Å². The molecule has 0 unspecified atom stereocenters. The number of nitrogens with zero attached hydrogens (tertiary/aromatic N) is 1. The number of benzene rings is 3. The zero-order valence-corrected chi connectivity index (χ0v) is 16.5. The first-order valence-electron chi connectivity index (χ1n) is 9.43. The summed E-state index contributed by atoms with van der Waals surface area (Å²) >= 11 is 0. The van der Waals surface area contributed by atoms with Gasteiger partial charge < -0.3 is 9.47 Å². The topological polar surface area (TPSA) is 47.9 Å². The van der Waals surface area contributed by atoms with E-state index in [4.69, 9.17) is 9.47 Å². The van der Waals surface area contributed by atoms with E-state index in [1.807, 2.05) is 73.7 Å². The third-order valence-electron chi connectivity index (χ3n) is 4.19. The maximum atomic E-state index is 13.4. The summed E-state index contributed by atoms with van der Waals surface area (Å²) < 4.78 is 11.0. The lowest BCUT2D eigenvalue weighted by atomic mass is 10.0. The van der Waals surface area contributed by atoms with Gasteiger partial charge in [-0.3, -0.25) is 4.79 Å². The minimum atomic E-state index is -0.216. The number of Topliss-reactive ketones (excluding diaryl/α,β-unsaturated/α-hetero) is 1. The van der Waals surface area contributed by atoms with Crippen molar-refractivity contribution in [3.05, 3.63) is 102 Å². The van der Waals surface area contributed by atoms with Crippen LogP contribution >= 0.6 is 0 Å². The predicted molar refractivity (Wildman–Crippen MR) is 117 cm³/mol. The van der Waals surface area contributed by atoms with E-state index in [9.17, 15) is 4.79 Å². The van der Waals surface area contributed by atoms with Gasteiger partial charge in [-0.2, -0.15) is 0 Å². The van der Waals surface area contributed by atoms with Crippen LogP contribution in [-0.2, 0) is 4.74 Å². The second kappa shape index (κ2) is 10.0. The Morgan fingerprint density at radius 1 is 0.897 bits per heavy atom. The highest BCUT2D eigenvalue weighted by molar-refractivity contribution is 6.52. The Hall–Kier alpha value is -3.66. The van der Waals surface area contributed by atoms with E-state index in [2.05, 4.69) is 4.99 Å². The second-order valence-electron chi connectivity index (χ2n) is 6.21. The fourth-order valence-electron chi connectivity index (χ4n) is 2.76.